The third-order valence-electron chi connectivity index (χ3n) is 2.99. The molecule has 0 aliphatic carbocycles. The van der Waals surface area contributed by atoms with E-state index >= 15 is 0 Å². The zero-order valence-corrected chi connectivity index (χ0v) is 12.0. The predicted octanol–water partition coefficient (Wildman–Crippen LogP) is 2.08. The Kier molecular flexibility index (Phi) is 6.09. The molecule has 0 amide bonds. The fourth-order valence-electron chi connectivity index (χ4n) is 2.03. The topological polar surface area (TPSA) is 43.4 Å². The highest BCUT2D eigenvalue weighted by Gasteiger charge is 2.09. The highest BCUT2D eigenvalue weighted by Crippen LogP contribution is 2.23. The van der Waals surface area contributed by atoms with Crippen LogP contribution in [0.1, 0.15) is 23.7 Å². The van der Waals surface area contributed by atoms with E-state index < -0.39 is 0 Å². The van der Waals surface area contributed by atoms with Gasteiger partial charge < -0.3 is 14.8 Å². The summed E-state index contributed by atoms with van der Waals surface area (Å²) in [6.45, 7) is 8.68. The molecule has 1 heterocycles. The van der Waals surface area contributed by atoms with Gasteiger partial charge in [0.2, 0.25) is 0 Å². The Morgan fingerprint density at radius 3 is 2.67 bits per heavy atom. The molecule has 0 fully saturated rings. The Labute approximate surface area is 110 Å². The lowest BCUT2D eigenvalue weighted by Crippen LogP contribution is -2.24. The zero-order valence-electron chi connectivity index (χ0n) is 12.0. The van der Waals surface area contributed by atoms with Crippen LogP contribution in [-0.4, -0.2) is 32.4 Å². The van der Waals surface area contributed by atoms with E-state index in [9.17, 15) is 0 Å². The van der Waals surface area contributed by atoms with Gasteiger partial charge in [-0.3, -0.25) is 4.98 Å². The number of nitrogens with zero attached hydrogens (tertiary/aromatic N) is 1. The SMILES string of the molecule is COCC(C)CNCc1ncc(C)c(OC)c1C. The minimum absolute atomic E-state index is 0.502. The second-order valence-electron chi connectivity index (χ2n) is 4.74. The van der Waals surface area contributed by atoms with E-state index in [1.165, 1.54) is 0 Å². The van der Waals surface area contributed by atoms with Crippen LogP contribution in [-0.2, 0) is 11.3 Å². The maximum atomic E-state index is 5.39. The van der Waals surface area contributed by atoms with E-state index in [-0.39, 0.29) is 0 Å². The Bertz CT molecular complexity index is 380. The van der Waals surface area contributed by atoms with Crippen molar-refractivity contribution in [2.24, 2.45) is 5.92 Å². The van der Waals surface area contributed by atoms with Gasteiger partial charge >= 0.3 is 0 Å². The molecule has 0 aliphatic rings. The molecule has 1 N–H and O–H groups in total. The normalized spacial score (nSPS) is 12.5. The maximum Gasteiger partial charge on any atom is 0.128 e. The molecule has 0 radical (unpaired) electrons. The number of ether oxygens (including phenoxy) is 2. The van der Waals surface area contributed by atoms with E-state index in [2.05, 4.69) is 24.1 Å². The van der Waals surface area contributed by atoms with Gasteiger partial charge in [0.05, 0.1) is 12.8 Å². The zero-order chi connectivity index (χ0) is 13.5. The van der Waals surface area contributed by atoms with Crippen LogP contribution < -0.4 is 10.1 Å². The Morgan fingerprint density at radius 2 is 2.06 bits per heavy atom. The highest BCUT2D eigenvalue weighted by atomic mass is 16.5. The lowest BCUT2D eigenvalue weighted by atomic mass is 10.1. The summed E-state index contributed by atoms with van der Waals surface area (Å²) < 4.78 is 10.5. The summed E-state index contributed by atoms with van der Waals surface area (Å²) >= 11 is 0. The molecule has 0 saturated heterocycles. The smallest absolute Gasteiger partial charge is 0.128 e. The van der Waals surface area contributed by atoms with Crippen molar-refractivity contribution in [3.8, 4) is 5.75 Å². The van der Waals surface area contributed by atoms with Crippen LogP contribution in [0.25, 0.3) is 0 Å². The van der Waals surface area contributed by atoms with E-state index in [4.69, 9.17) is 9.47 Å². The van der Waals surface area contributed by atoms with E-state index in [0.29, 0.717) is 5.92 Å². The van der Waals surface area contributed by atoms with Crippen LogP contribution in [0.15, 0.2) is 6.20 Å². The van der Waals surface area contributed by atoms with Gasteiger partial charge in [0.25, 0.3) is 0 Å². The molecular weight excluding hydrogens is 228 g/mol. The molecule has 0 saturated carbocycles. The van der Waals surface area contributed by atoms with Crippen molar-refractivity contribution in [2.75, 3.05) is 27.4 Å². The minimum Gasteiger partial charge on any atom is -0.496 e. The predicted molar refractivity (Wildman–Crippen MR) is 73.0 cm³/mol. The van der Waals surface area contributed by atoms with Crippen molar-refractivity contribution in [3.63, 3.8) is 0 Å². The number of methoxy groups -OCH3 is 2. The number of hydrogen-bond donors (Lipinski definition) is 1. The van der Waals surface area contributed by atoms with Gasteiger partial charge in [-0.1, -0.05) is 6.92 Å². The largest absolute Gasteiger partial charge is 0.496 e. The monoisotopic (exact) mass is 252 g/mol. The van der Waals surface area contributed by atoms with Gasteiger partial charge in [-0.2, -0.15) is 0 Å². The standard InChI is InChI=1S/C14H24N2O2/c1-10(9-17-4)6-15-8-13-12(3)14(18-5)11(2)7-16-13/h7,10,15H,6,8-9H2,1-5H3. The summed E-state index contributed by atoms with van der Waals surface area (Å²) in [6.07, 6.45) is 1.86. The number of pyridine rings is 1. The number of aromatic nitrogens is 1. The van der Waals surface area contributed by atoms with Crippen molar-refractivity contribution >= 4 is 0 Å². The van der Waals surface area contributed by atoms with Crippen LogP contribution >= 0.6 is 0 Å². The molecule has 0 aliphatic heterocycles. The lowest BCUT2D eigenvalue weighted by molar-refractivity contribution is 0.158. The molecule has 1 unspecified atom stereocenters. The third-order valence-corrected chi connectivity index (χ3v) is 2.99. The molecule has 102 valence electrons. The second-order valence-corrected chi connectivity index (χ2v) is 4.74. The van der Waals surface area contributed by atoms with E-state index in [1.54, 1.807) is 14.2 Å². The Morgan fingerprint density at radius 1 is 1.33 bits per heavy atom. The first-order chi connectivity index (χ1) is 8.60. The maximum absolute atomic E-state index is 5.39. The minimum atomic E-state index is 0.502. The molecule has 4 heteroatoms. The Hall–Kier alpha value is -1.13. The van der Waals surface area contributed by atoms with Gasteiger partial charge in [0.15, 0.2) is 0 Å². The van der Waals surface area contributed by atoms with Crippen LogP contribution in [0.2, 0.25) is 0 Å². The molecule has 1 rings (SSSR count). The van der Waals surface area contributed by atoms with Crippen molar-refractivity contribution < 1.29 is 9.47 Å². The molecule has 18 heavy (non-hydrogen) atoms. The van der Waals surface area contributed by atoms with Crippen molar-refractivity contribution in [3.05, 3.63) is 23.0 Å². The Balaban J connectivity index is 2.58. The van der Waals surface area contributed by atoms with Crippen molar-refractivity contribution in [1.82, 2.24) is 10.3 Å². The number of hydrogen-bond acceptors (Lipinski definition) is 4. The molecule has 1 aromatic rings. The van der Waals surface area contributed by atoms with Gasteiger partial charge in [-0.25, -0.2) is 0 Å². The molecule has 1 atom stereocenters. The quantitative estimate of drug-likeness (QED) is 0.807. The summed E-state index contributed by atoms with van der Waals surface area (Å²) in [5, 5.41) is 3.40. The van der Waals surface area contributed by atoms with Gasteiger partial charge in [0, 0.05) is 44.1 Å². The first kappa shape index (κ1) is 14.9. The summed E-state index contributed by atoms with van der Waals surface area (Å²) in [6, 6.07) is 0. The second kappa shape index (κ2) is 7.34. The number of nitrogens with one attached hydrogen (secondary N) is 1. The number of rotatable bonds is 7. The first-order valence-corrected chi connectivity index (χ1v) is 6.28. The van der Waals surface area contributed by atoms with E-state index in [0.717, 1.165) is 42.3 Å². The summed E-state index contributed by atoms with van der Waals surface area (Å²) in [4.78, 5) is 4.46. The molecule has 0 bridgehead atoms. The van der Waals surface area contributed by atoms with Crippen LogP contribution in [0.4, 0.5) is 0 Å². The molecule has 0 aromatic carbocycles. The third kappa shape index (κ3) is 3.96. The fraction of sp³-hybridized carbons (Fsp3) is 0.643. The average Bonchev–Trinajstić information content (AvgIpc) is 2.33. The van der Waals surface area contributed by atoms with Gasteiger partial charge in [-0.15, -0.1) is 0 Å². The van der Waals surface area contributed by atoms with Crippen LogP contribution in [0.3, 0.4) is 0 Å². The van der Waals surface area contributed by atoms with Crippen LogP contribution in [0, 0.1) is 19.8 Å². The molecule has 1 aromatic heterocycles. The fourth-order valence-corrected chi connectivity index (χ4v) is 2.03. The first-order valence-electron chi connectivity index (χ1n) is 6.28. The van der Waals surface area contributed by atoms with Gasteiger partial charge in [0.1, 0.15) is 5.75 Å². The van der Waals surface area contributed by atoms with Crippen molar-refractivity contribution in [1.29, 1.82) is 0 Å². The lowest BCUT2D eigenvalue weighted by Gasteiger charge is -2.14. The van der Waals surface area contributed by atoms with E-state index in [1.807, 2.05) is 13.1 Å². The summed E-state index contributed by atoms with van der Waals surface area (Å²) in [5.74, 6) is 1.44. The van der Waals surface area contributed by atoms with Gasteiger partial charge in [-0.05, 0) is 19.8 Å². The molecular formula is C14H24N2O2. The average molecular weight is 252 g/mol. The summed E-state index contributed by atoms with van der Waals surface area (Å²) in [7, 11) is 3.43. The van der Waals surface area contributed by atoms with Crippen LogP contribution in [0.5, 0.6) is 5.75 Å². The highest BCUT2D eigenvalue weighted by molar-refractivity contribution is 5.40. The summed E-state index contributed by atoms with van der Waals surface area (Å²) in [5.41, 5.74) is 3.23. The number of aryl methyl sites for hydroxylation is 1. The molecule has 0 spiro atoms. The molecule has 4 nitrogen and oxygen atoms in total. The van der Waals surface area contributed by atoms with Crippen molar-refractivity contribution in [2.45, 2.75) is 27.3 Å².